The van der Waals surface area contributed by atoms with Gasteiger partial charge >= 0.3 is 0 Å². The lowest BCUT2D eigenvalue weighted by Crippen LogP contribution is -2.29. The third-order valence-electron chi connectivity index (χ3n) is 4.92. The molecular weight excluding hydrogens is 314 g/mol. The Morgan fingerprint density at radius 2 is 2.13 bits per heavy atom. The highest BCUT2D eigenvalue weighted by Gasteiger charge is 2.32. The van der Waals surface area contributed by atoms with Gasteiger partial charge < -0.3 is 16.0 Å². The number of nitrogens with one attached hydrogen (secondary N) is 1. The molecule has 0 radical (unpaired) electrons. The Morgan fingerprint density at radius 1 is 1.35 bits per heavy atom. The van der Waals surface area contributed by atoms with Gasteiger partial charge in [0.25, 0.3) is 0 Å². The summed E-state index contributed by atoms with van der Waals surface area (Å²) in [5.41, 5.74) is 8.66. The van der Waals surface area contributed by atoms with E-state index in [9.17, 15) is 9.59 Å². The van der Waals surface area contributed by atoms with E-state index in [2.05, 4.69) is 5.32 Å². The lowest BCUT2D eigenvalue weighted by molar-refractivity contribution is -0.120. The van der Waals surface area contributed by atoms with E-state index in [-0.39, 0.29) is 30.1 Å². The van der Waals surface area contributed by atoms with Gasteiger partial charge in [0.1, 0.15) is 0 Å². The second-order valence-corrected chi connectivity index (χ2v) is 6.29. The second-order valence-electron chi connectivity index (χ2n) is 6.29. The van der Waals surface area contributed by atoms with Crippen molar-refractivity contribution in [3.8, 4) is 0 Å². The van der Waals surface area contributed by atoms with Crippen molar-refractivity contribution in [2.24, 2.45) is 17.6 Å². The average molecular weight is 338 g/mol. The van der Waals surface area contributed by atoms with Gasteiger partial charge in [0.2, 0.25) is 11.8 Å². The van der Waals surface area contributed by atoms with Gasteiger partial charge in [-0.25, -0.2) is 0 Å². The highest BCUT2D eigenvalue weighted by molar-refractivity contribution is 5.96. The molecule has 5 nitrogen and oxygen atoms in total. The predicted octanol–water partition coefficient (Wildman–Crippen LogP) is 2.33. The van der Waals surface area contributed by atoms with Crippen LogP contribution in [-0.4, -0.2) is 24.9 Å². The van der Waals surface area contributed by atoms with Gasteiger partial charge in [0.15, 0.2) is 0 Å². The molecule has 2 atom stereocenters. The maximum absolute atomic E-state index is 12.4. The molecule has 1 saturated carbocycles. The molecule has 0 saturated heterocycles. The quantitative estimate of drug-likeness (QED) is 0.888. The summed E-state index contributed by atoms with van der Waals surface area (Å²) in [6.45, 7) is 2.88. The zero-order valence-corrected chi connectivity index (χ0v) is 14.2. The molecular formula is C17H24ClN3O2. The third kappa shape index (κ3) is 3.51. The van der Waals surface area contributed by atoms with Crippen LogP contribution in [0.2, 0.25) is 0 Å². The molecule has 23 heavy (non-hydrogen) atoms. The van der Waals surface area contributed by atoms with Crippen LogP contribution in [0.15, 0.2) is 18.2 Å². The molecule has 0 spiro atoms. The lowest BCUT2D eigenvalue weighted by Gasteiger charge is -2.18. The van der Waals surface area contributed by atoms with Gasteiger partial charge in [-0.05, 0) is 55.5 Å². The minimum atomic E-state index is 0. The Bertz CT molecular complexity index is 606. The summed E-state index contributed by atoms with van der Waals surface area (Å²) in [4.78, 5) is 25.8. The van der Waals surface area contributed by atoms with E-state index in [4.69, 9.17) is 5.73 Å². The number of carbonyl (C=O) groups is 2. The van der Waals surface area contributed by atoms with Crippen LogP contribution in [0.5, 0.6) is 0 Å². The molecule has 126 valence electrons. The van der Waals surface area contributed by atoms with Gasteiger partial charge in [0, 0.05) is 30.8 Å². The summed E-state index contributed by atoms with van der Waals surface area (Å²) in [5, 5.41) is 3.02. The number of anilines is 2. The number of carbonyl (C=O) groups excluding carboxylic acids is 2. The number of benzene rings is 1. The molecule has 1 aliphatic heterocycles. The van der Waals surface area contributed by atoms with Crippen LogP contribution in [0.25, 0.3) is 0 Å². The minimum absolute atomic E-state index is 0. The van der Waals surface area contributed by atoms with Crippen LogP contribution in [0.4, 0.5) is 11.4 Å². The predicted molar refractivity (Wildman–Crippen MR) is 93.9 cm³/mol. The van der Waals surface area contributed by atoms with Crippen molar-refractivity contribution in [3.05, 3.63) is 23.8 Å². The Morgan fingerprint density at radius 3 is 2.83 bits per heavy atom. The van der Waals surface area contributed by atoms with Crippen molar-refractivity contribution in [1.29, 1.82) is 0 Å². The Balaban J connectivity index is 0.00000192. The van der Waals surface area contributed by atoms with E-state index in [1.807, 2.05) is 18.2 Å². The van der Waals surface area contributed by atoms with Gasteiger partial charge in [-0.2, -0.15) is 0 Å². The van der Waals surface area contributed by atoms with E-state index in [0.29, 0.717) is 12.5 Å². The summed E-state index contributed by atoms with van der Waals surface area (Å²) in [6.07, 6.45) is 3.90. The molecule has 0 unspecified atom stereocenters. The second kappa shape index (κ2) is 7.32. The number of rotatable bonds is 3. The maximum atomic E-state index is 12.4. The van der Waals surface area contributed by atoms with Crippen molar-refractivity contribution in [3.63, 3.8) is 0 Å². The Labute approximate surface area is 143 Å². The van der Waals surface area contributed by atoms with Crippen molar-refractivity contribution < 1.29 is 9.59 Å². The number of amides is 2. The van der Waals surface area contributed by atoms with Crippen LogP contribution >= 0.6 is 12.4 Å². The first-order valence-corrected chi connectivity index (χ1v) is 8.02. The van der Waals surface area contributed by atoms with Crippen molar-refractivity contribution >= 4 is 35.6 Å². The first kappa shape index (κ1) is 17.8. The maximum Gasteiger partial charge on any atom is 0.227 e. The van der Waals surface area contributed by atoms with Gasteiger partial charge in [-0.15, -0.1) is 12.4 Å². The van der Waals surface area contributed by atoms with Crippen molar-refractivity contribution in [2.75, 3.05) is 23.3 Å². The topological polar surface area (TPSA) is 75.4 Å². The molecule has 3 rings (SSSR count). The third-order valence-corrected chi connectivity index (χ3v) is 4.92. The molecule has 1 aromatic rings. The standard InChI is InChI=1S/C17H23N3O2.ClH/c1-11(21)20-8-7-12-9-14(5-6-16(12)20)19-17(22)15-4-2-3-13(15)10-18;/h5-6,9,13,15H,2-4,7-8,10,18H2,1H3,(H,19,22);1H/t13-,15-;/m1./s1. The molecule has 1 aliphatic carbocycles. The van der Waals surface area contributed by atoms with Gasteiger partial charge in [0.05, 0.1) is 0 Å². The minimum Gasteiger partial charge on any atom is -0.330 e. The van der Waals surface area contributed by atoms with Gasteiger partial charge in [-0.1, -0.05) is 6.42 Å². The number of hydrogen-bond acceptors (Lipinski definition) is 3. The zero-order chi connectivity index (χ0) is 15.7. The van der Waals surface area contributed by atoms with Crippen LogP contribution in [0.1, 0.15) is 31.7 Å². The number of nitrogens with two attached hydrogens (primary N) is 1. The number of fused-ring (bicyclic) bond motifs is 1. The van der Waals surface area contributed by atoms with E-state index in [0.717, 1.165) is 49.2 Å². The van der Waals surface area contributed by atoms with Crippen LogP contribution in [0.3, 0.4) is 0 Å². The molecule has 2 aliphatic rings. The highest BCUT2D eigenvalue weighted by Crippen LogP contribution is 2.33. The largest absolute Gasteiger partial charge is 0.330 e. The zero-order valence-electron chi connectivity index (χ0n) is 13.4. The molecule has 1 fully saturated rings. The number of hydrogen-bond donors (Lipinski definition) is 2. The lowest BCUT2D eigenvalue weighted by atomic mass is 9.95. The summed E-state index contributed by atoms with van der Waals surface area (Å²) in [6, 6.07) is 5.79. The summed E-state index contributed by atoms with van der Waals surface area (Å²) in [7, 11) is 0. The van der Waals surface area contributed by atoms with E-state index >= 15 is 0 Å². The fourth-order valence-corrected chi connectivity index (χ4v) is 3.71. The van der Waals surface area contributed by atoms with E-state index in [1.165, 1.54) is 0 Å². The van der Waals surface area contributed by atoms with Crippen molar-refractivity contribution in [2.45, 2.75) is 32.6 Å². The fraction of sp³-hybridized carbons (Fsp3) is 0.529. The molecule has 0 bridgehead atoms. The van der Waals surface area contributed by atoms with Gasteiger partial charge in [-0.3, -0.25) is 9.59 Å². The monoisotopic (exact) mass is 337 g/mol. The smallest absolute Gasteiger partial charge is 0.227 e. The highest BCUT2D eigenvalue weighted by atomic mass is 35.5. The molecule has 6 heteroatoms. The average Bonchev–Trinajstić information content (AvgIpc) is 3.13. The molecule has 2 amide bonds. The Kier molecular flexibility index (Phi) is 5.65. The number of halogens is 1. The molecule has 1 heterocycles. The van der Waals surface area contributed by atoms with Crippen LogP contribution in [-0.2, 0) is 16.0 Å². The number of nitrogens with zero attached hydrogens (tertiary/aromatic N) is 1. The first-order valence-electron chi connectivity index (χ1n) is 8.02. The fourth-order valence-electron chi connectivity index (χ4n) is 3.71. The molecule has 0 aromatic heterocycles. The molecule has 3 N–H and O–H groups in total. The molecule has 1 aromatic carbocycles. The SMILES string of the molecule is CC(=O)N1CCc2cc(NC(=O)[C@@H]3CCC[C@@H]3CN)ccc21.Cl. The summed E-state index contributed by atoms with van der Waals surface area (Å²) in [5.74, 6) is 0.483. The summed E-state index contributed by atoms with van der Waals surface area (Å²) < 4.78 is 0. The van der Waals surface area contributed by atoms with Crippen molar-refractivity contribution in [1.82, 2.24) is 0 Å². The first-order chi connectivity index (χ1) is 10.6. The van der Waals surface area contributed by atoms with E-state index < -0.39 is 0 Å². The van der Waals surface area contributed by atoms with E-state index in [1.54, 1.807) is 11.8 Å². The Hall–Kier alpha value is -1.59. The normalized spacial score (nSPS) is 22.4. The summed E-state index contributed by atoms with van der Waals surface area (Å²) >= 11 is 0. The van der Waals surface area contributed by atoms with Crippen LogP contribution < -0.4 is 16.0 Å². The van der Waals surface area contributed by atoms with Crippen LogP contribution in [0, 0.1) is 11.8 Å².